The minimum Gasteiger partial charge on any atom is -0.479 e. The number of para-hydroxylation sites is 1. The standard InChI is InChI=1S/C17H11FO5/c18-12-7-3-1-5-10(12)16-17(22-9-14(19)20)15(21)11-6-2-4-8-13(11)23-16/h1-8H,9H2,(H,19,20). The van der Waals surface area contributed by atoms with Gasteiger partial charge in [0, 0.05) is 0 Å². The fourth-order valence-electron chi connectivity index (χ4n) is 2.21. The number of benzene rings is 2. The number of fused-ring (bicyclic) bond motifs is 1. The van der Waals surface area contributed by atoms with Gasteiger partial charge in [-0.25, -0.2) is 9.18 Å². The first kappa shape index (κ1) is 14.8. The van der Waals surface area contributed by atoms with Crippen LogP contribution in [0, 0.1) is 5.82 Å². The fraction of sp³-hybridized carbons (Fsp3) is 0.0588. The summed E-state index contributed by atoms with van der Waals surface area (Å²) in [4.78, 5) is 23.3. The molecule has 0 bridgehead atoms. The second-order valence-electron chi connectivity index (χ2n) is 4.75. The second-order valence-corrected chi connectivity index (χ2v) is 4.75. The molecule has 0 aliphatic heterocycles. The molecule has 0 unspecified atom stereocenters. The average Bonchev–Trinajstić information content (AvgIpc) is 2.54. The molecule has 0 saturated carbocycles. The Kier molecular flexibility index (Phi) is 3.80. The van der Waals surface area contributed by atoms with Crippen LogP contribution < -0.4 is 10.2 Å². The van der Waals surface area contributed by atoms with Gasteiger partial charge in [0.05, 0.1) is 10.9 Å². The number of hydrogen-bond acceptors (Lipinski definition) is 4. The zero-order valence-electron chi connectivity index (χ0n) is 11.8. The first-order valence-corrected chi connectivity index (χ1v) is 6.73. The van der Waals surface area contributed by atoms with Crippen molar-refractivity contribution < 1.29 is 23.4 Å². The number of carbonyl (C=O) groups is 1. The predicted molar refractivity (Wildman–Crippen MR) is 81.0 cm³/mol. The van der Waals surface area contributed by atoms with E-state index >= 15 is 0 Å². The van der Waals surface area contributed by atoms with Crippen molar-refractivity contribution >= 4 is 16.9 Å². The van der Waals surface area contributed by atoms with E-state index in [0.29, 0.717) is 0 Å². The van der Waals surface area contributed by atoms with Gasteiger partial charge in [0.15, 0.2) is 12.4 Å². The Hall–Kier alpha value is -3.15. The molecule has 0 saturated heterocycles. The predicted octanol–water partition coefficient (Wildman–Crippen LogP) is 3.06. The Morgan fingerprint density at radius 2 is 1.83 bits per heavy atom. The van der Waals surface area contributed by atoms with E-state index in [2.05, 4.69) is 0 Å². The van der Waals surface area contributed by atoms with Crippen molar-refractivity contribution in [2.24, 2.45) is 0 Å². The first-order chi connectivity index (χ1) is 11.1. The van der Waals surface area contributed by atoms with Crippen LogP contribution in [0.3, 0.4) is 0 Å². The lowest BCUT2D eigenvalue weighted by Gasteiger charge is -2.10. The molecule has 2 aromatic carbocycles. The van der Waals surface area contributed by atoms with Crippen molar-refractivity contribution in [3.63, 3.8) is 0 Å². The molecule has 6 heteroatoms. The number of ether oxygens (including phenoxy) is 1. The highest BCUT2D eigenvalue weighted by molar-refractivity contribution is 5.82. The number of halogens is 1. The molecule has 0 atom stereocenters. The number of carboxylic acid groups (broad SMARTS) is 1. The lowest BCUT2D eigenvalue weighted by atomic mass is 10.1. The van der Waals surface area contributed by atoms with Crippen LogP contribution in [0.5, 0.6) is 5.75 Å². The van der Waals surface area contributed by atoms with Gasteiger partial charge < -0.3 is 14.3 Å². The minimum atomic E-state index is -1.25. The van der Waals surface area contributed by atoms with Gasteiger partial charge in [-0.2, -0.15) is 0 Å². The summed E-state index contributed by atoms with van der Waals surface area (Å²) in [7, 11) is 0. The van der Waals surface area contributed by atoms with E-state index in [1.54, 1.807) is 24.3 Å². The zero-order valence-corrected chi connectivity index (χ0v) is 11.8. The van der Waals surface area contributed by atoms with Crippen LogP contribution in [0.2, 0.25) is 0 Å². The smallest absolute Gasteiger partial charge is 0.341 e. The van der Waals surface area contributed by atoms with Crippen LogP contribution in [0.4, 0.5) is 4.39 Å². The highest BCUT2D eigenvalue weighted by Crippen LogP contribution is 2.32. The molecule has 1 aromatic heterocycles. The summed E-state index contributed by atoms with van der Waals surface area (Å²) < 4.78 is 24.7. The molecule has 3 rings (SSSR count). The van der Waals surface area contributed by atoms with E-state index in [4.69, 9.17) is 14.3 Å². The van der Waals surface area contributed by atoms with Crippen molar-refractivity contribution in [3.05, 3.63) is 64.6 Å². The minimum absolute atomic E-state index is 0.0238. The lowest BCUT2D eigenvalue weighted by Crippen LogP contribution is -2.16. The maximum absolute atomic E-state index is 14.1. The van der Waals surface area contributed by atoms with Gasteiger partial charge in [0.25, 0.3) is 0 Å². The van der Waals surface area contributed by atoms with Gasteiger partial charge in [0.1, 0.15) is 11.4 Å². The molecular formula is C17H11FO5. The maximum atomic E-state index is 14.1. The van der Waals surface area contributed by atoms with E-state index in [-0.39, 0.29) is 28.0 Å². The van der Waals surface area contributed by atoms with Gasteiger partial charge in [-0.3, -0.25) is 4.79 Å². The first-order valence-electron chi connectivity index (χ1n) is 6.73. The molecule has 0 radical (unpaired) electrons. The van der Waals surface area contributed by atoms with Crippen LogP contribution >= 0.6 is 0 Å². The highest BCUT2D eigenvalue weighted by Gasteiger charge is 2.20. The Labute approximate surface area is 129 Å². The molecule has 1 heterocycles. The van der Waals surface area contributed by atoms with Crippen molar-refractivity contribution in [1.82, 2.24) is 0 Å². The number of rotatable bonds is 4. The number of carboxylic acids is 1. The topological polar surface area (TPSA) is 76.7 Å². The third-order valence-corrected chi connectivity index (χ3v) is 3.21. The summed E-state index contributed by atoms with van der Waals surface area (Å²) in [6, 6.07) is 12.1. The van der Waals surface area contributed by atoms with E-state index < -0.39 is 23.8 Å². The molecule has 116 valence electrons. The lowest BCUT2D eigenvalue weighted by molar-refractivity contribution is -0.139. The SMILES string of the molecule is O=C(O)COc1c(-c2ccccc2F)oc2ccccc2c1=O. The molecule has 23 heavy (non-hydrogen) atoms. The van der Waals surface area contributed by atoms with E-state index in [1.165, 1.54) is 24.3 Å². The van der Waals surface area contributed by atoms with Crippen LogP contribution in [0.1, 0.15) is 0 Å². The molecule has 0 amide bonds. The summed E-state index contributed by atoms with van der Waals surface area (Å²) in [6.07, 6.45) is 0. The van der Waals surface area contributed by atoms with Crippen LogP contribution in [0.15, 0.2) is 57.7 Å². The molecule has 0 aliphatic carbocycles. The summed E-state index contributed by atoms with van der Waals surface area (Å²) in [5.41, 5.74) is -0.263. The molecule has 1 N–H and O–H groups in total. The third-order valence-electron chi connectivity index (χ3n) is 3.21. The van der Waals surface area contributed by atoms with E-state index in [0.717, 1.165) is 0 Å². The summed E-state index contributed by atoms with van der Waals surface area (Å²) in [6.45, 7) is -0.732. The van der Waals surface area contributed by atoms with Gasteiger partial charge in [0.2, 0.25) is 11.2 Å². The van der Waals surface area contributed by atoms with Crippen molar-refractivity contribution in [2.75, 3.05) is 6.61 Å². The maximum Gasteiger partial charge on any atom is 0.341 e. The third kappa shape index (κ3) is 2.78. The van der Waals surface area contributed by atoms with Gasteiger partial charge in [-0.1, -0.05) is 24.3 Å². The molecule has 3 aromatic rings. The van der Waals surface area contributed by atoms with Gasteiger partial charge in [-0.05, 0) is 24.3 Å². The molecule has 0 spiro atoms. The largest absolute Gasteiger partial charge is 0.479 e. The second kappa shape index (κ2) is 5.92. The summed E-state index contributed by atoms with van der Waals surface area (Å²) >= 11 is 0. The van der Waals surface area contributed by atoms with Crippen molar-refractivity contribution in [2.45, 2.75) is 0 Å². The molecule has 0 fully saturated rings. The van der Waals surface area contributed by atoms with E-state index in [1.807, 2.05) is 0 Å². The van der Waals surface area contributed by atoms with Crippen LogP contribution in [-0.2, 0) is 4.79 Å². The molecular weight excluding hydrogens is 303 g/mol. The van der Waals surface area contributed by atoms with Crippen LogP contribution in [-0.4, -0.2) is 17.7 Å². The Balaban J connectivity index is 2.30. The zero-order chi connectivity index (χ0) is 16.4. The molecule has 0 aliphatic rings. The number of hydrogen-bond donors (Lipinski definition) is 1. The average molecular weight is 314 g/mol. The quantitative estimate of drug-likeness (QED) is 0.801. The summed E-state index contributed by atoms with van der Waals surface area (Å²) in [5.74, 6) is -2.31. The Bertz CT molecular complexity index is 945. The van der Waals surface area contributed by atoms with E-state index in [9.17, 15) is 14.0 Å². The van der Waals surface area contributed by atoms with Crippen molar-refractivity contribution in [1.29, 1.82) is 0 Å². The monoisotopic (exact) mass is 314 g/mol. The van der Waals surface area contributed by atoms with Crippen LogP contribution in [0.25, 0.3) is 22.3 Å². The molecule has 5 nitrogen and oxygen atoms in total. The van der Waals surface area contributed by atoms with Gasteiger partial charge in [-0.15, -0.1) is 0 Å². The number of aliphatic carboxylic acids is 1. The van der Waals surface area contributed by atoms with Crippen molar-refractivity contribution in [3.8, 4) is 17.1 Å². The summed E-state index contributed by atoms with van der Waals surface area (Å²) in [5, 5.41) is 8.99. The highest BCUT2D eigenvalue weighted by atomic mass is 19.1. The fourth-order valence-corrected chi connectivity index (χ4v) is 2.21. The Morgan fingerprint density at radius 1 is 1.13 bits per heavy atom. The van der Waals surface area contributed by atoms with Gasteiger partial charge >= 0.3 is 5.97 Å². The Morgan fingerprint density at radius 3 is 2.57 bits per heavy atom. The normalized spacial score (nSPS) is 10.7.